The number of hydrogen-bond acceptors (Lipinski definition) is 5. The van der Waals surface area contributed by atoms with Gasteiger partial charge in [0.05, 0.1) is 12.1 Å². The van der Waals surface area contributed by atoms with Crippen LogP contribution in [0.15, 0.2) is 9.92 Å². The average molecular weight is 222 g/mol. The minimum atomic E-state index is 0.119. The summed E-state index contributed by atoms with van der Waals surface area (Å²) in [6.07, 6.45) is 1.78. The van der Waals surface area contributed by atoms with Crippen molar-refractivity contribution in [3.63, 3.8) is 0 Å². The van der Waals surface area contributed by atoms with Gasteiger partial charge in [-0.05, 0) is 6.26 Å². The van der Waals surface area contributed by atoms with Gasteiger partial charge in [0.15, 0.2) is 0 Å². The van der Waals surface area contributed by atoms with Crippen molar-refractivity contribution in [2.45, 2.75) is 9.92 Å². The van der Waals surface area contributed by atoms with E-state index >= 15 is 0 Å². The second kappa shape index (κ2) is 4.23. The molecule has 0 fully saturated rings. The monoisotopic (exact) mass is 222 g/mol. The first kappa shape index (κ1) is 10.7. The number of aromatic nitrogens is 1. The predicted octanol–water partition coefficient (Wildman–Crippen LogP) is 2.10. The molecule has 0 saturated heterocycles. The Labute approximate surface area is 91.4 Å². The zero-order valence-electron chi connectivity index (χ0n) is 7.27. The summed E-state index contributed by atoms with van der Waals surface area (Å²) in [6, 6.07) is 1.96. The first-order valence-electron chi connectivity index (χ1n) is 3.49. The highest BCUT2D eigenvalue weighted by Crippen LogP contribution is 2.37. The van der Waals surface area contributed by atoms with Gasteiger partial charge in [0.25, 0.3) is 0 Å². The molecule has 0 aliphatic heterocycles. The number of nitrogen functional groups attached to an aromatic ring is 1. The summed E-state index contributed by atoms with van der Waals surface area (Å²) < 4.78 is 0. The van der Waals surface area contributed by atoms with Crippen LogP contribution in [0.5, 0.6) is 0 Å². The number of pyridine rings is 1. The molecule has 14 heavy (non-hydrogen) atoms. The lowest BCUT2D eigenvalue weighted by molar-refractivity contribution is 1.09. The predicted molar refractivity (Wildman–Crippen MR) is 58.7 cm³/mol. The number of thioether (sulfide) groups is 1. The molecule has 1 rings (SSSR count). The number of anilines is 1. The fraction of sp³-hybridized carbons (Fsp3) is 0.125. The zero-order chi connectivity index (χ0) is 10.7. The molecule has 1 aromatic heterocycles. The summed E-state index contributed by atoms with van der Waals surface area (Å²) in [5, 5.41) is 9.11. The lowest BCUT2D eigenvalue weighted by Gasteiger charge is -2.07. The van der Waals surface area contributed by atoms with Crippen molar-refractivity contribution in [1.29, 1.82) is 5.26 Å². The van der Waals surface area contributed by atoms with Crippen LogP contribution in [0.4, 0.5) is 11.5 Å². The maximum atomic E-state index is 8.85. The van der Waals surface area contributed by atoms with E-state index in [4.69, 9.17) is 17.6 Å². The van der Waals surface area contributed by atoms with Gasteiger partial charge in [-0.2, -0.15) is 5.26 Å². The molecule has 1 heterocycles. The van der Waals surface area contributed by atoms with Crippen LogP contribution in [0.1, 0.15) is 5.56 Å². The Balaban J connectivity index is 3.64. The van der Waals surface area contributed by atoms with E-state index in [-0.39, 0.29) is 16.5 Å². The van der Waals surface area contributed by atoms with Gasteiger partial charge in [0.2, 0.25) is 5.69 Å². The minimum Gasteiger partial charge on any atom is -0.392 e. The Hall–Kier alpha value is -1.37. The molecule has 0 atom stereocenters. The molecule has 6 heteroatoms. The first-order valence-corrected chi connectivity index (χ1v) is 5.16. The molecule has 0 unspecified atom stereocenters. The third-order valence-corrected chi connectivity index (χ3v) is 2.69. The van der Waals surface area contributed by atoms with E-state index in [9.17, 15) is 0 Å². The highest BCUT2D eigenvalue weighted by molar-refractivity contribution is 7.98. The fourth-order valence-corrected chi connectivity index (χ4v) is 2.00. The summed E-state index contributed by atoms with van der Waals surface area (Å²) in [7, 11) is 0. The zero-order valence-corrected chi connectivity index (χ0v) is 8.99. The van der Waals surface area contributed by atoms with Crippen molar-refractivity contribution in [3.8, 4) is 6.07 Å². The van der Waals surface area contributed by atoms with Crippen LogP contribution in [-0.4, -0.2) is 11.2 Å². The van der Waals surface area contributed by atoms with Crippen LogP contribution in [0.2, 0.25) is 0 Å². The van der Waals surface area contributed by atoms with Crippen LogP contribution in [0.25, 0.3) is 4.85 Å². The van der Waals surface area contributed by atoms with Gasteiger partial charge in [-0.3, -0.25) is 0 Å². The van der Waals surface area contributed by atoms with E-state index in [0.717, 1.165) is 0 Å². The summed E-state index contributed by atoms with van der Waals surface area (Å²) in [4.78, 5) is 7.61. The van der Waals surface area contributed by atoms with E-state index in [0.29, 0.717) is 10.5 Å². The Bertz CT molecular complexity index is 418. The molecular formula is C8H6N4S2. The van der Waals surface area contributed by atoms with Crippen LogP contribution in [0, 0.1) is 17.9 Å². The van der Waals surface area contributed by atoms with Crippen LogP contribution in [0.3, 0.4) is 0 Å². The Kier molecular flexibility index (Phi) is 3.23. The third kappa shape index (κ3) is 1.63. The van der Waals surface area contributed by atoms with Crippen molar-refractivity contribution in [1.82, 2.24) is 4.98 Å². The maximum Gasteiger partial charge on any atom is 0.242 e. The van der Waals surface area contributed by atoms with E-state index in [1.54, 1.807) is 6.26 Å². The lowest BCUT2D eigenvalue weighted by Crippen LogP contribution is -1.96. The highest BCUT2D eigenvalue weighted by atomic mass is 32.2. The quantitative estimate of drug-likeness (QED) is 0.434. The van der Waals surface area contributed by atoms with Crippen molar-refractivity contribution in [3.05, 3.63) is 17.0 Å². The second-order valence-corrected chi connectivity index (χ2v) is 3.54. The highest BCUT2D eigenvalue weighted by Gasteiger charge is 2.15. The molecular weight excluding hydrogens is 216 g/mol. The van der Waals surface area contributed by atoms with Crippen LogP contribution >= 0.6 is 24.4 Å². The topological polar surface area (TPSA) is 67.1 Å². The summed E-state index contributed by atoms with van der Waals surface area (Å²) in [5.41, 5.74) is 6.07. The van der Waals surface area contributed by atoms with Crippen LogP contribution in [-0.2, 0) is 0 Å². The van der Waals surface area contributed by atoms with Crippen molar-refractivity contribution < 1.29 is 0 Å². The maximum absolute atomic E-state index is 8.85. The summed E-state index contributed by atoms with van der Waals surface area (Å²) in [5.74, 6) is 0.119. The second-order valence-electron chi connectivity index (χ2n) is 2.30. The number of nitriles is 1. The van der Waals surface area contributed by atoms with Gasteiger partial charge >= 0.3 is 0 Å². The van der Waals surface area contributed by atoms with Gasteiger partial charge in [-0.25, -0.2) is 9.83 Å². The molecule has 0 spiro atoms. The normalized spacial score (nSPS) is 9.14. The van der Waals surface area contributed by atoms with E-state index < -0.39 is 0 Å². The summed E-state index contributed by atoms with van der Waals surface area (Å²) in [6.45, 7) is 6.93. The molecule has 0 bridgehead atoms. The Morgan fingerprint density at radius 3 is 2.79 bits per heavy atom. The van der Waals surface area contributed by atoms with Gasteiger partial charge < -0.3 is 5.73 Å². The third-order valence-electron chi connectivity index (χ3n) is 1.56. The van der Waals surface area contributed by atoms with Crippen LogP contribution < -0.4 is 5.73 Å². The number of nitrogens with zero attached hydrogens (tertiary/aromatic N) is 3. The van der Waals surface area contributed by atoms with E-state index in [1.165, 1.54) is 11.8 Å². The first-order chi connectivity index (χ1) is 6.65. The molecule has 0 radical (unpaired) electrons. The number of nitrogens with two attached hydrogens (primary N) is 1. The molecule has 1 aromatic rings. The number of thiol groups is 1. The van der Waals surface area contributed by atoms with Gasteiger partial charge in [0, 0.05) is 4.90 Å². The van der Waals surface area contributed by atoms with Gasteiger partial charge in [0.1, 0.15) is 16.9 Å². The SMILES string of the molecule is [C-]#[N+]c1c(N)nc(S)c(C#N)c1SC. The standard InChI is InChI=1S/C8H6N4S2/c1-11-5-6(14-2)4(3-9)8(13)12-7(5)10/h2H3,(H3,10,12,13). The molecule has 0 aliphatic rings. The molecule has 70 valence electrons. The fourth-order valence-electron chi connectivity index (χ4n) is 0.967. The minimum absolute atomic E-state index is 0.119. The molecule has 0 aliphatic carbocycles. The van der Waals surface area contributed by atoms with E-state index in [1.807, 2.05) is 6.07 Å². The smallest absolute Gasteiger partial charge is 0.242 e. The van der Waals surface area contributed by atoms with Gasteiger partial charge in [-0.15, -0.1) is 24.4 Å². The molecule has 2 N–H and O–H groups in total. The lowest BCUT2D eigenvalue weighted by atomic mass is 10.2. The number of hydrogen-bond donors (Lipinski definition) is 2. The largest absolute Gasteiger partial charge is 0.392 e. The molecule has 0 amide bonds. The van der Waals surface area contributed by atoms with Crippen molar-refractivity contribution in [2.24, 2.45) is 0 Å². The Morgan fingerprint density at radius 2 is 2.36 bits per heavy atom. The average Bonchev–Trinajstić information content (AvgIpc) is 2.16. The van der Waals surface area contributed by atoms with E-state index in [2.05, 4.69) is 22.5 Å². The summed E-state index contributed by atoms with van der Waals surface area (Å²) >= 11 is 5.32. The molecule has 4 nitrogen and oxygen atoms in total. The van der Waals surface area contributed by atoms with Crippen molar-refractivity contribution >= 4 is 35.9 Å². The molecule has 0 saturated carbocycles. The Morgan fingerprint density at radius 1 is 1.71 bits per heavy atom. The van der Waals surface area contributed by atoms with Crippen molar-refractivity contribution in [2.75, 3.05) is 12.0 Å². The molecule has 0 aromatic carbocycles. The number of rotatable bonds is 1. The van der Waals surface area contributed by atoms with Gasteiger partial charge in [-0.1, -0.05) is 0 Å².